The number of nitrogens with zero attached hydrogens (tertiary/aromatic N) is 2. The molecule has 0 aliphatic carbocycles. The molecule has 1 N–H and O–H groups in total. The minimum Gasteiger partial charge on any atom is -0.489 e. The molecule has 0 fully saturated rings. The molecule has 4 rings (SSSR count). The third-order valence-electron chi connectivity index (χ3n) is 4.57. The van der Waals surface area contributed by atoms with Crippen LogP contribution in [0.4, 0.5) is 5.69 Å². The lowest BCUT2D eigenvalue weighted by atomic mass is 10.1. The van der Waals surface area contributed by atoms with E-state index < -0.39 is 0 Å². The standard InChI is InChI=1S/C24H20ClN3O3/c25-19-12-10-17(11-13-19)24-27-23(31-28-24)15-14-22(29)26-21-9-5-4-6-18(21)16-30-20-7-2-1-3-8-20/h1-13H,14-16H2,(H,26,29). The highest BCUT2D eigenvalue weighted by atomic mass is 35.5. The molecule has 6 nitrogen and oxygen atoms in total. The van der Waals surface area contributed by atoms with Crippen molar-refractivity contribution in [3.8, 4) is 17.1 Å². The summed E-state index contributed by atoms with van der Waals surface area (Å²) in [7, 11) is 0. The van der Waals surface area contributed by atoms with E-state index in [1.165, 1.54) is 0 Å². The minimum atomic E-state index is -0.140. The molecule has 1 heterocycles. The molecule has 31 heavy (non-hydrogen) atoms. The SMILES string of the molecule is O=C(CCc1nc(-c2ccc(Cl)cc2)no1)Nc1ccccc1COc1ccccc1. The molecular weight excluding hydrogens is 414 g/mol. The zero-order valence-corrected chi connectivity index (χ0v) is 17.4. The van der Waals surface area contributed by atoms with Crippen molar-refractivity contribution in [2.24, 2.45) is 0 Å². The Morgan fingerprint density at radius 2 is 1.71 bits per heavy atom. The molecule has 1 aromatic heterocycles. The van der Waals surface area contributed by atoms with Crippen LogP contribution in [0.2, 0.25) is 5.02 Å². The number of nitrogens with one attached hydrogen (secondary N) is 1. The van der Waals surface area contributed by atoms with Crippen LogP contribution in [0.3, 0.4) is 0 Å². The fourth-order valence-electron chi connectivity index (χ4n) is 2.95. The van der Waals surface area contributed by atoms with E-state index in [1.54, 1.807) is 12.1 Å². The van der Waals surface area contributed by atoms with E-state index in [2.05, 4.69) is 15.5 Å². The van der Waals surface area contributed by atoms with Gasteiger partial charge in [-0.05, 0) is 42.5 Å². The number of amides is 1. The van der Waals surface area contributed by atoms with Crippen LogP contribution in [0.5, 0.6) is 5.75 Å². The number of aryl methyl sites for hydroxylation is 1. The number of hydrogen-bond donors (Lipinski definition) is 1. The molecule has 0 unspecified atom stereocenters. The Bertz CT molecular complexity index is 1140. The number of hydrogen-bond acceptors (Lipinski definition) is 5. The molecule has 0 aliphatic rings. The second-order valence-corrected chi connectivity index (χ2v) is 7.26. The van der Waals surface area contributed by atoms with Gasteiger partial charge in [-0.15, -0.1) is 0 Å². The first-order valence-electron chi connectivity index (χ1n) is 9.81. The molecule has 0 saturated carbocycles. The quantitative estimate of drug-likeness (QED) is 0.394. The molecule has 0 saturated heterocycles. The largest absolute Gasteiger partial charge is 0.489 e. The lowest BCUT2D eigenvalue weighted by Crippen LogP contribution is -2.14. The minimum absolute atomic E-state index is 0.140. The third kappa shape index (κ3) is 5.71. The molecule has 7 heteroatoms. The zero-order valence-electron chi connectivity index (χ0n) is 16.6. The van der Waals surface area contributed by atoms with Crippen LogP contribution in [0.25, 0.3) is 11.4 Å². The van der Waals surface area contributed by atoms with Crippen molar-refractivity contribution in [3.05, 3.63) is 95.3 Å². The predicted molar refractivity (Wildman–Crippen MR) is 119 cm³/mol. The third-order valence-corrected chi connectivity index (χ3v) is 4.82. The van der Waals surface area contributed by atoms with Crippen molar-refractivity contribution < 1.29 is 14.1 Å². The van der Waals surface area contributed by atoms with Crippen LogP contribution < -0.4 is 10.1 Å². The van der Waals surface area contributed by atoms with Gasteiger partial charge in [-0.3, -0.25) is 4.79 Å². The maximum atomic E-state index is 12.5. The Balaban J connectivity index is 1.33. The first-order valence-corrected chi connectivity index (χ1v) is 10.2. The second-order valence-electron chi connectivity index (χ2n) is 6.83. The van der Waals surface area contributed by atoms with Gasteiger partial charge in [0.05, 0.1) is 0 Å². The molecule has 0 aliphatic heterocycles. The highest BCUT2D eigenvalue weighted by Crippen LogP contribution is 2.20. The summed E-state index contributed by atoms with van der Waals surface area (Å²) in [5, 5.41) is 7.54. The highest BCUT2D eigenvalue weighted by Gasteiger charge is 2.12. The van der Waals surface area contributed by atoms with Gasteiger partial charge in [-0.25, -0.2) is 0 Å². The highest BCUT2D eigenvalue weighted by molar-refractivity contribution is 6.30. The summed E-state index contributed by atoms with van der Waals surface area (Å²) in [4.78, 5) is 16.8. The number of anilines is 1. The zero-order chi connectivity index (χ0) is 21.5. The average Bonchev–Trinajstić information content (AvgIpc) is 3.27. The topological polar surface area (TPSA) is 77.2 Å². The smallest absolute Gasteiger partial charge is 0.227 e. The lowest BCUT2D eigenvalue weighted by molar-refractivity contribution is -0.116. The Hall–Kier alpha value is -3.64. The van der Waals surface area contributed by atoms with Gasteiger partial charge >= 0.3 is 0 Å². The molecule has 0 bridgehead atoms. The van der Waals surface area contributed by atoms with E-state index in [9.17, 15) is 4.79 Å². The first-order chi connectivity index (χ1) is 15.2. The van der Waals surface area contributed by atoms with Crippen molar-refractivity contribution in [1.29, 1.82) is 0 Å². The maximum absolute atomic E-state index is 12.5. The first kappa shape index (κ1) is 20.6. The van der Waals surface area contributed by atoms with Crippen molar-refractivity contribution >= 4 is 23.2 Å². The van der Waals surface area contributed by atoms with Crippen LogP contribution >= 0.6 is 11.6 Å². The van der Waals surface area contributed by atoms with Crippen LogP contribution in [-0.2, 0) is 17.8 Å². The summed E-state index contributed by atoms with van der Waals surface area (Å²) in [6.45, 7) is 0.356. The normalized spacial score (nSPS) is 10.6. The van der Waals surface area contributed by atoms with Crippen LogP contribution in [-0.4, -0.2) is 16.0 Å². The Kier molecular flexibility index (Phi) is 6.59. The number of benzene rings is 3. The van der Waals surface area contributed by atoms with Gasteiger partial charge in [0.25, 0.3) is 0 Å². The second kappa shape index (κ2) is 9.91. The monoisotopic (exact) mass is 433 g/mol. The number of aromatic nitrogens is 2. The summed E-state index contributed by atoms with van der Waals surface area (Å²) in [5.74, 6) is 1.51. The van der Waals surface area contributed by atoms with Crippen LogP contribution in [0.15, 0.2) is 83.4 Å². The molecule has 0 radical (unpaired) electrons. The molecule has 1 amide bonds. The molecule has 4 aromatic rings. The molecule has 156 valence electrons. The van der Waals surface area contributed by atoms with E-state index in [1.807, 2.05) is 66.7 Å². The van der Waals surface area contributed by atoms with Gasteiger partial charge in [-0.1, -0.05) is 53.2 Å². The fraction of sp³-hybridized carbons (Fsp3) is 0.125. The fourth-order valence-corrected chi connectivity index (χ4v) is 3.08. The van der Waals surface area contributed by atoms with Gasteiger partial charge in [0, 0.05) is 34.7 Å². The number of para-hydroxylation sites is 2. The average molecular weight is 434 g/mol. The molecule has 3 aromatic carbocycles. The van der Waals surface area contributed by atoms with E-state index in [0.717, 1.165) is 22.6 Å². The van der Waals surface area contributed by atoms with Crippen molar-refractivity contribution in [3.63, 3.8) is 0 Å². The summed E-state index contributed by atoms with van der Waals surface area (Å²) < 4.78 is 11.1. The van der Waals surface area contributed by atoms with Gasteiger partial charge in [-0.2, -0.15) is 4.98 Å². The maximum Gasteiger partial charge on any atom is 0.227 e. The van der Waals surface area contributed by atoms with Crippen LogP contribution in [0, 0.1) is 0 Å². The van der Waals surface area contributed by atoms with E-state index in [-0.39, 0.29) is 12.3 Å². The number of rotatable bonds is 8. The van der Waals surface area contributed by atoms with E-state index >= 15 is 0 Å². The molecule has 0 spiro atoms. The number of halogens is 1. The van der Waals surface area contributed by atoms with E-state index in [0.29, 0.717) is 29.8 Å². The van der Waals surface area contributed by atoms with Gasteiger partial charge in [0.1, 0.15) is 12.4 Å². The lowest BCUT2D eigenvalue weighted by Gasteiger charge is -2.12. The number of carbonyl (C=O) groups is 1. The Labute approximate surface area is 184 Å². The van der Waals surface area contributed by atoms with E-state index in [4.69, 9.17) is 20.9 Å². The molecule has 0 atom stereocenters. The predicted octanol–water partition coefficient (Wildman–Crippen LogP) is 5.54. The van der Waals surface area contributed by atoms with Crippen molar-refractivity contribution in [2.45, 2.75) is 19.4 Å². The van der Waals surface area contributed by atoms with Gasteiger partial charge in [0.2, 0.25) is 17.6 Å². The van der Waals surface area contributed by atoms with Gasteiger partial charge < -0.3 is 14.6 Å². The number of carbonyl (C=O) groups excluding carboxylic acids is 1. The van der Waals surface area contributed by atoms with Gasteiger partial charge in [0.15, 0.2) is 0 Å². The Morgan fingerprint density at radius 3 is 2.52 bits per heavy atom. The van der Waals surface area contributed by atoms with Crippen molar-refractivity contribution in [2.75, 3.05) is 5.32 Å². The van der Waals surface area contributed by atoms with Crippen molar-refractivity contribution in [1.82, 2.24) is 10.1 Å². The summed E-state index contributed by atoms with van der Waals surface area (Å²) >= 11 is 5.90. The molecular formula is C24H20ClN3O3. The number of ether oxygens (including phenoxy) is 1. The summed E-state index contributed by atoms with van der Waals surface area (Å²) in [6.07, 6.45) is 0.561. The Morgan fingerprint density at radius 1 is 0.968 bits per heavy atom. The summed E-state index contributed by atoms with van der Waals surface area (Å²) in [6, 6.07) is 24.3. The summed E-state index contributed by atoms with van der Waals surface area (Å²) in [5.41, 5.74) is 2.41. The van der Waals surface area contributed by atoms with Crippen LogP contribution in [0.1, 0.15) is 17.9 Å².